The van der Waals surface area contributed by atoms with Crippen LogP contribution in [-0.4, -0.2) is 82.9 Å². The van der Waals surface area contributed by atoms with E-state index < -0.39 is 0 Å². The van der Waals surface area contributed by atoms with Crippen molar-refractivity contribution in [2.75, 3.05) is 53.7 Å². The Morgan fingerprint density at radius 3 is 2.41 bits per heavy atom. The van der Waals surface area contributed by atoms with Gasteiger partial charge in [-0.05, 0) is 25.0 Å². The van der Waals surface area contributed by atoms with E-state index in [1.54, 1.807) is 31.0 Å². The molecule has 0 atom stereocenters. The summed E-state index contributed by atoms with van der Waals surface area (Å²) in [6.45, 7) is 4.46. The first-order valence-corrected chi connectivity index (χ1v) is 12.6. The van der Waals surface area contributed by atoms with Crippen LogP contribution in [0, 0.1) is 5.41 Å². The first kappa shape index (κ1) is 25.2. The van der Waals surface area contributed by atoms with Crippen molar-refractivity contribution in [3.05, 3.63) is 28.1 Å². The van der Waals surface area contributed by atoms with E-state index in [1.165, 1.54) is 11.6 Å². The van der Waals surface area contributed by atoms with Gasteiger partial charge in [-0.15, -0.1) is 0 Å². The molecule has 37 heavy (non-hydrogen) atoms. The highest BCUT2D eigenvalue weighted by atomic mass is 16.5. The SMILES string of the molecule is COc1cc(-c2nc3c(=O)n(C)c(=N)nc-3n(C3CCCC3)n2)cc(OC)c1OCCN1CCOCC1. The molecule has 0 spiro atoms. The van der Waals surface area contributed by atoms with E-state index in [0.29, 0.717) is 41.1 Å². The Labute approximate surface area is 214 Å². The normalized spacial score (nSPS) is 16.8. The molecule has 1 aromatic carbocycles. The van der Waals surface area contributed by atoms with Crippen LogP contribution in [-0.2, 0) is 11.8 Å². The van der Waals surface area contributed by atoms with Crippen molar-refractivity contribution >= 4 is 0 Å². The summed E-state index contributed by atoms with van der Waals surface area (Å²) in [6, 6.07) is 3.68. The Bertz CT molecular complexity index is 1320. The molecule has 0 amide bonds. The van der Waals surface area contributed by atoms with Gasteiger partial charge in [0.05, 0.1) is 33.5 Å². The van der Waals surface area contributed by atoms with Gasteiger partial charge in [-0.25, -0.2) is 9.67 Å². The summed E-state index contributed by atoms with van der Waals surface area (Å²) in [5, 5.41) is 12.9. The van der Waals surface area contributed by atoms with E-state index in [2.05, 4.69) is 14.9 Å². The largest absolute Gasteiger partial charge is 0.493 e. The summed E-state index contributed by atoms with van der Waals surface area (Å²) in [6.07, 6.45) is 4.02. The van der Waals surface area contributed by atoms with Crippen LogP contribution in [0.25, 0.3) is 22.9 Å². The van der Waals surface area contributed by atoms with E-state index in [-0.39, 0.29) is 22.9 Å². The van der Waals surface area contributed by atoms with Gasteiger partial charge < -0.3 is 18.9 Å². The highest BCUT2D eigenvalue weighted by Crippen LogP contribution is 2.41. The fourth-order valence-electron chi connectivity index (χ4n) is 4.89. The molecule has 12 heteroatoms. The number of morpholine rings is 1. The fourth-order valence-corrected chi connectivity index (χ4v) is 4.89. The Kier molecular flexibility index (Phi) is 7.38. The molecule has 1 saturated heterocycles. The van der Waals surface area contributed by atoms with E-state index >= 15 is 0 Å². The Balaban J connectivity index is 1.54. The number of ether oxygens (including phenoxy) is 4. The zero-order valence-corrected chi connectivity index (χ0v) is 21.5. The average Bonchev–Trinajstić information content (AvgIpc) is 3.47. The third kappa shape index (κ3) is 5.03. The predicted octanol–water partition coefficient (Wildman–Crippen LogP) is 1.47. The first-order chi connectivity index (χ1) is 18.0. The number of rotatable bonds is 8. The minimum atomic E-state index is -0.382. The van der Waals surface area contributed by atoms with Crippen LogP contribution < -0.4 is 25.4 Å². The lowest BCUT2D eigenvalue weighted by molar-refractivity contribution is 0.0319. The number of benzene rings is 1. The minimum absolute atomic E-state index is 0.0924. The van der Waals surface area contributed by atoms with Crippen LogP contribution in [0.3, 0.4) is 0 Å². The second kappa shape index (κ2) is 10.9. The molecule has 12 nitrogen and oxygen atoms in total. The molecule has 3 heterocycles. The number of fused-ring (bicyclic) bond motifs is 1. The van der Waals surface area contributed by atoms with Crippen molar-refractivity contribution < 1.29 is 18.9 Å². The van der Waals surface area contributed by atoms with Crippen LogP contribution in [0.2, 0.25) is 0 Å². The molecule has 2 fully saturated rings. The molecule has 1 N–H and O–H groups in total. The average molecular weight is 512 g/mol. The van der Waals surface area contributed by atoms with Gasteiger partial charge in [-0.3, -0.25) is 19.7 Å². The van der Waals surface area contributed by atoms with Crippen molar-refractivity contribution in [3.63, 3.8) is 0 Å². The molecule has 4 aliphatic rings. The third-order valence-electron chi connectivity index (χ3n) is 7.03. The summed E-state index contributed by atoms with van der Waals surface area (Å²) in [5.41, 5.74) is 0.300. The van der Waals surface area contributed by atoms with Crippen molar-refractivity contribution in [3.8, 4) is 40.2 Å². The number of nitrogens with zero attached hydrogens (tertiary/aromatic N) is 6. The number of nitrogens with one attached hydrogen (secondary N) is 1. The van der Waals surface area contributed by atoms with Gasteiger partial charge in [0.1, 0.15) is 6.61 Å². The quantitative estimate of drug-likeness (QED) is 0.478. The molecule has 1 aromatic rings. The Hall–Kier alpha value is -3.51. The van der Waals surface area contributed by atoms with Gasteiger partial charge >= 0.3 is 0 Å². The van der Waals surface area contributed by atoms with Gasteiger partial charge in [-0.2, -0.15) is 10.1 Å². The zero-order chi connectivity index (χ0) is 25.9. The molecule has 0 unspecified atom stereocenters. The molecule has 0 bridgehead atoms. The Morgan fingerprint density at radius 2 is 1.76 bits per heavy atom. The van der Waals surface area contributed by atoms with Crippen molar-refractivity contribution in [2.24, 2.45) is 7.05 Å². The standard InChI is InChI=1S/C25H33N7O5/c1-30-24(33)20-23(28-25(30)26)32(17-6-4-5-7-17)29-22(27-20)16-14-18(34-2)21(19(15-16)35-3)37-13-10-31-8-11-36-12-9-31/h14-15,17,26H,4-13H2,1-3H3. The summed E-state index contributed by atoms with van der Waals surface area (Å²) in [4.78, 5) is 24.3. The summed E-state index contributed by atoms with van der Waals surface area (Å²) in [7, 11) is 4.67. The second-order valence-electron chi connectivity index (χ2n) is 9.30. The lowest BCUT2D eigenvalue weighted by Gasteiger charge is -2.26. The molecule has 0 radical (unpaired) electrons. The van der Waals surface area contributed by atoms with Crippen LogP contribution in [0.4, 0.5) is 0 Å². The van der Waals surface area contributed by atoms with Gasteiger partial charge in [0, 0.05) is 32.2 Å². The number of hydrogen-bond donors (Lipinski definition) is 1. The van der Waals surface area contributed by atoms with Crippen LogP contribution in [0.1, 0.15) is 31.7 Å². The maximum absolute atomic E-state index is 13.1. The molecular weight excluding hydrogens is 478 g/mol. The summed E-state index contributed by atoms with van der Waals surface area (Å²) < 4.78 is 25.8. The zero-order valence-electron chi connectivity index (χ0n) is 21.5. The van der Waals surface area contributed by atoms with Crippen molar-refractivity contribution in [1.29, 1.82) is 5.41 Å². The van der Waals surface area contributed by atoms with E-state index in [9.17, 15) is 4.79 Å². The maximum Gasteiger partial charge on any atom is 0.282 e. The molecule has 0 aromatic heterocycles. The number of methoxy groups -OCH3 is 2. The van der Waals surface area contributed by atoms with E-state index in [1.807, 2.05) is 0 Å². The number of aromatic nitrogens is 5. The monoisotopic (exact) mass is 511 g/mol. The lowest BCUT2D eigenvalue weighted by atomic mass is 10.1. The fraction of sp³-hybridized carbons (Fsp3) is 0.560. The molecule has 3 aliphatic heterocycles. The smallest absolute Gasteiger partial charge is 0.282 e. The molecule has 198 valence electrons. The summed E-state index contributed by atoms with van der Waals surface area (Å²) in [5.74, 6) is 2.17. The molecular formula is C25H33N7O5. The minimum Gasteiger partial charge on any atom is -0.493 e. The van der Waals surface area contributed by atoms with E-state index in [4.69, 9.17) is 29.5 Å². The molecule has 5 rings (SSSR count). The summed E-state index contributed by atoms with van der Waals surface area (Å²) >= 11 is 0. The van der Waals surface area contributed by atoms with Gasteiger partial charge in [0.15, 0.2) is 28.8 Å². The van der Waals surface area contributed by atoms with Crippen LogP contribution in [0.15, 0.2) is 16.9 Å². The van der Waals surface area contributed by atoms with E-state index in [0.717, 1.165) is 58.5 Å². The van der Waals surface area contributed by atoms with Crippen molar-refractivity contribution in [1.82, 2.24) is 29.2 Å². The van der Waals surface area contributed by atoms with Gasteiger partial charge in [0.2, 0.25) is 11.4 Å². The van der Waals surface area contributed by atoms with Gasteiger partial charge in [-0.1, -0.05) is 12.8 Å². The number of hydrogen-bond acceptors (Lipinski definition) is 10. The van der Waals surface area contributed by atoms with Crippen LogP contribution in [0.5, 0.6) is 17.2 Å². The lowest BCUT2D eigenvalue weighted by Crippen LogP contribution is -2.38. The van der Waals surface area contributed by atoms with Gasteiger partial charge in [0.25, 0.3) is 5.56 Å². The maximum atomic E-state index is 13.1. The highest BCUT2D eigenvalue weighted by Gasteiger charge is 2.27. The Morgan fingerprint density at radius 1 is 1.08 bits per heavy atom. The van der Waals surface area contributed by atoms with Crippen LogP contribution >= 0.6 is 0 Å². The predicted molar refractivity (Wildman–Crippen MR) is 134 cm³/mol. The second-order valence-corrected chi connectivity index (χ2v) is 9.30. The molecule has 1 saturated carbocycles. The molecule has 1 aliphatic carbocycles. The van der Waals surface area contributed by atoms with Crippen molar-refractivity contribution in [2.45, 2.75) is 31.7 Å². The third-order valence-corrected chi connectivity index (χ3v) is 7.03. The topological polar surface area (TPSA) is 130 Å². The highest BCUT2D eigenvalue weighted by molar-refractivity contribution is 5.68. The first-order valence-electron chi connectivity index (χ1n) is 12.6.